The highest BCUT2D eigenvalue weighted by molar-refractivity contribution is 7.10. The van der Waals surface area contributed by atoms with Crippen LogP contribution in [0.15, 0.2) is 40.7 Å². The van der Waals surface area contributed by atoms with E-state index in [1.54, 1.807) is 14.0 Å². The molecule has 1 atom stereocenters. The summed E-state index contributed by atoms with van der Waals surface area (Å²) in [5.41, 5.74) is 7.69. The zero-order chi connectivity index (χ0) is 15.9. The van der Waals surface area contributed by atoms with Gasteiger partial charge in [0.05, 0.1) is 6.61 Å². The molecule has 2 heterocycles. The average molecular weight is 315 g/mol. The van der Waals surface area contributed by atoms with Crippen LogP contribution in [0.3, 0.4) is 0 Å². The number of hydrogen-bond donors (Lipinski definition) is 2. The molecule has 2 aromatic rings. The van der Waals surface area contributed by atoms with Gasteiger partial charge in [-0.05, 0) is 41.1 Å². The van der Waals surface area contributed by atoms with Gasteiger partial charge in [-0.3, -0.25) is 9.69 Å². The maximum Gasteiger partial charge on any atom is 0.262 e. The van der Waals surface area contributed by atoms with Crippen LogP contribution in [0.2, 0.25) is 0 Å². The van der Waals surface area contributed by atoms with E-state index in [-0.39, 0.29) is 18.5 Å². The fourth-order valence-electron chi connectivity index (χ4n) is 2.54. The van der Waals surface area contributed by atoms with Gasteiger partial charge in [0, 0.05) is 11.9 Å². The van der Waals surface area contributed by atoms with Crippen molar-refractivity contribution >= 4 is 23.2 Å². The number of nitrogens with zero attached hydrogens (tertiary/aromatic N) is 2. The number of thiophene rings is 1. The highest BCUT2D eigenvalue weighted by Crippen LogP contribution is 2.38. The Bertz CT molecular complexity index is 768. The third-order valence-electron chi connectivity index (χ3n) is 3.93. The SMILES string of the molecule is CN1C(=O)C(C)(c2cc(-c3cccc(CO)c3)cs2)N=C1N. The number of likely N-dealkylation sites (N-methyl/N-ethyl adjacent to an activating group) is 1. The lowest BCUT2D eigenvalue weighted by molar-refractivity contribution is -0.129. The molecule has 0 saturated carbocycles. The zero-order valence-electron chi connectivity index (χ0n) is 12.4. The predicted molar refractivity (Wildman–Crippen MR) is 87.4 cm³/mol. The molecule has 114 valence electrons. The van der Waals surface area contributed by atoms with E-state index in [1.165, 1.54) is 16.2 Å². The van der Waals surface area contributed by atoms with Crippen LogP contribution in [0.5, 0.6) is 0 Å². The minimum absolute atomic E-state index is 0.00660. The van der Waals surface area contributed by atoms with Gasteiger partial charge in [-0.2, -0.15) is 0 Å². The predicted octanol–water partition coefficient (Wildman–Crippen LogP) is 1.91. The van der Waals surface area contributed by atoms with Gasteiger partial charge in [-0.1, -0.05) is 18.2 Å². The molecule has 0 fully saturated rings. The largest absolute Gasteiger partial charge is 0.392 e. The molecule has 0 spiro atoms. The van der Waals surface area contributed by atoms with E-state index in [9.17, 15) is 9.90 Å². The number of rotatable bonds is 3. The van der Waals surface area contributed by atoms with Gasteiger partial charge in [0.1, 0.15) is 0 Å². The number of guanidine groups is 1. The quantitative estimate of drug-likeness (QED) is 0.908. The van der Waals surface area contributed by atoms with Gasteiger partial charge in [0.2, 0.25) is 0 Å². The highest BCUT2D eigenvalue weighted by atomic mass is 32.1. The van der Waals surface area contributed by atoms with E-state index in [0.29, 0.717) is 0 Å². The van der Waals surface area contributed by atoms with Crippen LogP contribution in [0.4, 0.5) is 0 Å². The molecule has 0 bridgehead atoms. The van der Waals surface area contributed by atoms with E-state index >= 15 is 0 Å². The van der Waals surface area contributed by atoms with Crippen LogP contribution in [0.25, 0.3) is 11.1 Å². The molecular weight excluding hydrogens is 298 g/mol. The first-order valence-corrected chi connectivity index (χ1v) is 7.76. The summed E-state index contributed by atoms with van der Waals surface area (Å²) in [7, 11) is 1.63. The van der Waals surface area contributed by atoms with E-state index in [0.717, 1.165) is 21.6 Å². The summed E-state index contributed by atoms with van der Waals surface area (Å²) in [6, 6.07) is 9.67. The lowest BCUT2D eigenvalue weighted by Crippen LogP contribution is -2.38. The Morgan fingerprint density at radius 3 is 2.77 bits per heavy atom. The summed E-state index contributed by atoms with van der Waals surface area (Å²) >= 11 is 1.49. The molecule has 5 nitrogen and oxygen atoms in total. The van der Waals surface area contributed by atoms with E-state index in [1.807, 2.05) is 35.7 Å². The third kappa shape index (κ3) is 2.20. The molecule has 0 radical (unpaired) electrons. The van der Waals surface area contributed by atoms with Crippen molar-refractivity contribution in [2.24, 2.45) is 10.7 Å². The summed E-state index contributed by atoms with van der Waals surface area (Å²) in [6.45, 7) is 1.79. The molecule has 3 rings (SSSR count). The first kappa shape index (κ1) is 14.7. The van der Waals surface area contributed by atoms with Crippen LogP contribution in [-0.2, 0) is 16.9 Å². The second-order valence-electron chi connectivity index (χ2n) is 5.46. The average Bonchev–Trinajstić information content (AvgIpc) is 3.09. The molecule has 1 aromatic heterocycles. The van der Waals surface area contributed by atoms with Crippen molar-refractivity contribution in [3.8, 4) is 11.1 Å². The summed E-state index contributed by atoms with van der Waals surface area (Å²) in [6.07, 6.45) is 0. The molecule has 1 aliphatic rings. The minimum Gasteiger partial charge on any atom is -0.392 e. The zero-order valence-corrected chi connectivity index (χ0v) is 13.2. The maximum atomic E-state index is 12.4. The van der Waals surface area contributed by atoms with Gasteiger partial charge in [0.15, 0.2) is 11.5 Å². The Morgan fingerprint density at radius 1 is 1.36 bits per heavy atom. The van der Waals surface area contributed by atoms with Gasteiger partial charge < -0.3 is 10.8 Å². The van der Waals surface area contributed by atoms with Crippen molar-refractivity contribution in [2.75, 3.05) is 7.05 Å². The third-order valence-corrected chi connectivity index (χ3v) is 5.07. The van der Waals surface area contributed by atoms with Crippen molar-refractivity contribution < 1.29 is 9.90 Å². The smallest absolute Gasteiger partial charge is 0.262 e. The lowest BCUT2D eigenvalue weighted by atomic mass is 9.98. The molecule has 3 N–H and O–H groups in total. The van der Waals surface area contributed by atoms with E-state index in [4.69, 9.17) is 5.73 Å². The Hall–Kier alpha value is -2.18. The van der Waals surface area contributed by atoms with Crippen molar-refractivity contribution in [3.05, 3.63) is 46.2 Å². The number of amides is 1. The number of carbonyl (C=O) groups is 1. The van der Waals surface area contributed by atoms with Crippen molar-refractivity contribution in [1.29, 1.82) is 0 Å². The topological polar surface area (TPSA) is 78.9 Å². The molecule has 6 heteroatoms. The second kappa shape index (κ2) is 5.23. The fraction of sp³-hybridized carbons (Fsp3) is 0.250. The van der Waals surface area contributed by atoms with E-state index < -0.39 is 5.54 Å². The Kier molecular flexibility index (Phi) is 3.50. The van der Waals surface area contributed by atoms with Crippen LogP contribution < -0.4 is 5.73 Å². The molecular formula is C16H17N3O2S. The normalized spacial score (nSPS) is 21.3. The summed E-state index contributed by atoms with van der Waals surface area (Å²) < 4.78 is 0. The van der Waals surface area contributed by atoms with Crippen LogP contribution in [0, 0.1) is 0 Å². The van der Waals surface area contributed by atoms with Gasteiger partial charge in [0.25, 0.3) is 5.91 Å². The summed E-state index contributed by atoms with van der Waals surface area (Å²) in [5, 5.41) is 11.2. The minimum atomic E-state index is -0.948. The highest BCUT2D eigenvalue weighted by Gasteiger charge is 2.44. The fourth-order valence-corrected chi connectivity index (χ4v) is 3.55. The van der Waals surface area contributed by atoms with Gasteiger partial charge >= 0.3 is 0 Å². The number of benzene rings is 1. The van der Waals surface area contributed by atoms with Crippen LogP contribution in [0.1, 0.15) is 17.4 Å². The molecule has 1 unspecified atom stereocenters. The number of aliphatic hydroxyl groups excluding tert-OH is 1. The van der Waals surface area contributed by atoms with Crippen molar-refractivity contribution in [1.82, 2.24) is 4.90 Å². The number of nitrogens with two attached hydrogens (primary N) is 1. The van der Waals surface area contributed by atoms with Gasteiger partial charge in [-0.25, -0.2) is 4.99 Å². The monoisotopic (exact) mass is 315 g/mol. The molecule has 1 aromatic carbocycles. The number of aliphatic imine (C=N–C) groups is 1. The van der Waals surface area contributed by atoms with Crippen molar-refractivity contribution in [2.45, 2.75) is 19.1 Å². The lowest BCUT2D eigenvalue weighted by Gasteiger charge is -2.17. The molecule has 0 aliphatic carbocycles. The number of hydrogen-bond acceptors (Lipinski definition) is 5. The van der Waals surface area contributed by atoms with Crippen molar-refractivity contribution in [3.63, 3.8) is 0 Å². The molecule has 22 heavy (non-hydrogen) atoms. The Balaban J connectivity index is 1.99. The van der Waals surface area contributed by atoms with Crippen LogP contribution >= 0.6 is 11.3 Å². The second-order valence-corrected chi connectivity index (χ2v) is 6.38. The molecule has 1 aliphatic heterocycles. The summed E-state index contributed by atoms with van der Waals surface area (Å²) in [5.74, 6) is 0.118. The molecule has 1 amide bonds. The summed E-state index contributed by atoms with van der Waals surface area (Å²) in [4.78, 5) is 19.0. The van der Waals surface area contributed by atoms with E-state index in [2.05, 4.69) is 4.99 Å². The number of carbonyl (C=O) groups excluding carboxylic acids is 1. The maximum absolute atomic E-state index is 12.4. The Labute approximate surface area is 132 Å². The van der Waals surface area contributed by atoms with Gasteiger partial charge in [-0.15, -0.1) is 11.3 Å². The Morgan fingerprint density at radius 2 is 2.14 bits per heavy atom. The first-order valence-electron chi connectivity index (χ1n) is 6.88. The number of aliphatic hydroxyl groups is 1. The first-order chi connectivity index (χ1) is 10.5. The standard InChI is InChI=1S/C16H17N3O2S/c1-16(14(21)19(2)15(17)18-16)13-7-12(9-22-13)11-5-3-4-10(6-11)8-20/h3-7,9,20H,8H2,1-2H3,(H2,17,18). The van der Waals surface area contributed by atoms with Crippen LogP contribution in [-0.4, -0.2) is 28.9 Å². The molecule has 0 saturated heterocycles.